The van der Waals surface area contributed by atoms with Crippen LogP contribution in [0.15, 0.2) is 48.8 Å². The number of rotatable bonds is 34. The fraction of sp³-hybridized carbons (Fsp3) is 0.750. The number of carbonyl (C=O) groups is 1. The van der Waals surface area contributed by atoms with Crippen molar-refractivity contribution in [2.75, 3.05) is 7.11 Å². The molecule has 1 aromatic carbocycles. The SMILES string of the molecule is CCCCCCCCCCCCCCCCC=CN(C=CCCCCCCCCCCCCCCCC)C(=O)c1ccccc1OC. The Morgan fingerprint density at radius 1 is 0.511 bits per heavy atom. The molecule has 0 saturated carbocycles. The molecule has 0 aromatic heterocycles. The summed E-state index contributed by atoms with van der Waals surface area (Å²) < 4.78 is 5.49. The van der Waals surface area contributed by atoms with Crippen molar-refractivity contribution in [3.05, 3.63) is 54.4 Å². The zero-order valence-electron chi connectivity index (χ0n) is 31.6. The van der Waals surface area contributed by atoms with E-state index in [0.717, 1.165) is 12.8 Å². The Hall–Kier alpha value is -2.03. The van der Waals surface area contributed by atoms with Gasteiger partial charge < -0.3 is 4.74 Å². The van der Waals surface area contributed by atoms with Crippen molar-refractivity contribution in [1.82, 2.24) is 4.90 Å². The van der Waals surface area contributed by atoms with Crippen molar-refractivity contribution in [3.63, 3.8) is 0 Å². The van der Waals surface area contributed by atoms with Crippen LogP contribution in [0.1, 0.15) is 217 Å². The third kappa shape index (κ3) is 25.6. The van der Waals surface area contributed by atoms with Gasteiger partial charge in [0.15, 0.2) is 0 Å². The molecule has 1 rings (SSSR count). The van der Waals surface area contributed by atoms with Gasteiger partial charge in [-0.15, -0.1) is 0 Å². The van der Waals surface area contributed by atoms with Crippen molar-refractivity contribution in [3.8, 4) is 5.75 Å². The molecule has 0 heterocycles. The van der Waals surface area contributed by atoms with Crippen LogP contribution in [0.5, 0.6) is 5.75 Å². The summed E-state index contributed by atoms with van der Waals surface area (Å²) in [4.78, 5) is 15.2. The van der Waals surface area contributed by atoms with Gasteiger partial charge in [0.2, 0.25) is 0 Å². The molecule has 0 N–H and O–H groups in total. The lowest BCUT2D eigenvalue weighted by molar-refractivity contribution is 0.0865. The molecule has 0 fully saturated rings. The number of allylic oxidation sites excluding steroid dienone is 2. The Balaban J connectivity index is 2.26. The smallest absolute Gasteiger partial charge is 0.265 e. The molecular formula is C44H77NO2. The Morgan fingerprint density at radius 2 is 0.830 bits per heavy atom. The van der Waals surface area contributed by atoms with Gasteiger partial charge in [0.05, 0.1) is 12.7 Å². The molecule has 3 heteroatoms. The number of benzene rings is 1. The summed E-state index contributed by atoms with van der Waals surface area (Å²) in [6.07, 6.45) is 48.8. The number of para-hydroxylation sites is 1. The molecule has 0 radical (unpaired) electrons. The van der Waals surface area contributed by atoms with Crippen LogP contribution in [-0.4, -0.2) is 17.9 Å². The van der Waals surface area contributed by atoms with Gasteiger partial charge in [-0.25, -0.2) is 0 Å². The fourth-order valence-corrected chi connectivity index (χ4v) is 6.44. The third-order valence-corrected chi connectivity index (χ3v) is 9.55. The van der Waals surface area contributed by atoms with Gasteiger partial charge in [0.25, 0.3) is 5.91 Å². The number of methoxy groups -OCH3 is 1. The highest BCUT2D eigenvalue weighted by molar-refractivity contribution is 5.98. The van der Waals surface area contributed by atoms with E-state index in [1.54, 1.807) is 12.0 Å². The Kier molecular flexibility index (Phi) is 31.0. The average molecular weight is 652 g/mol. The molecule has 0 atom stereocenters. The maximum Gasteiger partial charge on any atom is 0.265 e. The minimum absolute atomic E-state index is 0.0307. The molecule has 0 spiro atoms. The first-order valence-electron chi connectivity index (χ1n) is 20.5. The van der Waals surface area contributed by atoms with E-state index < -0.39 is 0 Å². The number of ether oxygens (including phenoxy) is 1. The maximum absolute atomic E-state index is 13.5. The Bertz CT molecular complexity index is 833. The first-order valence-corrected chi connectivity index (χ1v) is 20.5. The van der Waals surface area contributed by atoms with E-state index in [0.29, 0.717) is 11.3 Å². The third-order valence-electron chi connectivity index (χ3n) is 9.55. The molecule has 1 aromatic rings. The molecule has 0 saturated heterocycles. The molecule has 0 aliphatic carbocycles. The molecule has 47 heavy (non-hydrogen) atoms. The summed E-state index contributed by atoms with van der Waals surface area (Å²) in [7, 11) is 1.63. The van der Waals surface area contributed by atoms with Crippen LogP contribution in [0, 0.1) is 0 Å². The standard InChI is InChI=1S/C44H77NO2/c1-4-6-8-10-12-14-16-18-20-22-24-26-28-30-32-36-40-45(44(46)42-38-34-35-39-43(42)47-3)41-37-33-31-29-27-25-23-21-19-17-15-13-11-9-7-5-2/h34-41H,4-33H2,1-3H3. The number of hydrogen-bond donors (Lipinski definition) is 0. The van der Waals surface area contributed by atoms with Crippen molar-refractivity contribution in [2.45, 2.75) is 206 Å². The number of amides is 1. The van der Waals surface area contributed by atoms with Crippen LogP contribution in [0.4, 0.5) is 0 Å². The molecule has 0 aliphatic rings. The van der Waals surface area contributed by atoms with Crippen molar-refractivity contribution >= 4 is 5.91 Å². The number of nitrogens with zero attached hydrogens (tertiary/aromatic N) is 1. The molecular weight excluding hydrogens is 574 g/mol. The van der Waals surface area contributed by atoms with Gasteiger partial charge in [0.1, 0.15) is 5.75 Å². The highest BCUT2D eigenvalue weighted by Gasteiger charge is 2.15. The van der Waals surface area contributed by atoms with Crippen LogP contribution >= 0.6 is 0 Å². The summed E-state index contributed by atoms with van der Waals surface area (Å²) in [5.41, 5.74) is 0.609. The van der Waals surface area contributed by atoms with E-state index in [-0.39, 0.29) is 5.91 Å². The molecule has 3 nitrogen and oxygen atoms in total. The highest BCUT2D eigenvalue weighted by atomic mass is 16.5. The normalized spacial score (nSPS) is 11.6. The second-order valence-electron chi connectivity index (χ2n) is 14.0. The van der Waals surface area contributed by atoms with Gasteiger partial charge >= 0.3 is 0 Å². The highest BCUT2D eigenvalue weighted by Crippen LogP contribution is 2.21. The average Bonchev–Trinajstić information content (AvgIpc) is 3.10. The van der Waals surface area contributed by atoms with Crippen LogP contribution in [0.25, 0.3) is 0 Å². The minimum Gasteiger partial charge on any atom is -0.496 e. The van der Waals surface area contributed by atoms with Crippen LogP contribution in [-0.2, 0) is 0 Å². The Morgan fingerprint density at radius 3 is 1.17 bits per heavy atom. The van der Waals surface area contributed by atoms with Crippen LogP contribution in [0.2, 0.25) is 0 Å². The predicted molar refractivity (Wildman–Crippen MR) is 207 cm³/mol. The Labute approximate surface area is 293 Å². The lowest BCUT2D eigenvalue weighted by Gasteiger charge is -2.16. The van der Waals surface area contributed by atoms with Gasteiger partial charge in [-0.1, -0.05) is 205 Å². The molecule has 0 aliphatic heterocycles. The number of carbonyl (C=O) groups excluding carboxylic acids is 1. The van der Waals surface area contributed by atoms with E-state index in [2.05, 4.69) is 26.0 Å². The van der Waals surface area contributed by atoms with E-state index >= 15 is 0 Å². The van der Waals surface area contributed by atoms with Crippen molar-refractivity contribution < 1.29 is 9.53 Å². The largest absolute Gasteiger partial charge is 0.496 e. The summed E-state index contributed by atoms with van der Waals surface area (Å²) in [6, 6.07) is 7.54. The molecule has 270 valence electrons. The zero-order valence-corrected chi connectivity index (χ0v) is 31.6. The molecule has 0 bridgehead atoms. The summed E-state index contributed by atoms with van der Waals surface area (Å²) in [5, 5.41) is 0. The van der Waals surface area contributed by atoms with Gasteiger partial charge in [-0.3, -0.25) is 9.69 Å². The van der Waals surface area contributed by atoms with Crippen molar-refractivity contribution in [2.24, 2.45) is 0 Å². The van der Waals surface area contributed by atoms with Crippen molar-refractivity contribution in [1.29, 1.82) is 0 Å². The van der Waals surface area contributed by atoms with Gasteiger partial charge in [-0.2, -0.15) is 0 Å². The van der Waals surface area contributed by atoms with Crippen LogP contribution in [0.3, 0.4) is 0 Å². The first-order chi connectivity index (χ1) is 23.2. The second kappa shape index (κ2) is 33.9. The summed E-state index contributed by atoms with van der Waals surface area (Å²) in [5.74, 6) is 0.597. The maximum atomic E-state index is 13.5. The minimum atomic E-state index is -0.0307. The number of unbranched alkanes of at least 4 members (excludes halogenated alkanes) is 28. The topological polar surface area (TPSA) is 29.5 Å². The molecule has 0 unspecified atom stereocenters. The summed E-state index contributed by atoms with van der Waals surface area (Å²) in [6.45, 7) is 4.58. The van der Waals surface area contributed by atoms with E-state index in [9.17, 15) is 4.79 Å². The lowest BCUT2D eigenvalue weighted by atomic mass is 10.0. The van der Waals surface area contributed by atoms with E-state index in [1.165, 1.54) is 180 Å². The monoisotopic (exact) mass is 652 g/mol. The lowest BCUT2D eigenvalue weighted by Crippen LogP contribution is -2.20. The molecule has 1 amide bonds. The second-order valence-corrected chi connectivity index (χ2v) is 14.0. The van der Waals surface area contributed by atoms with Crippen LogP contribution < -0.4 is 4.74 Å². The van der Waals surface area contributed by atoms with Gasteiger partial charge in [-0.05, 0) is 37.8 Å². The number of hydrogen-bond acceptors (Lipinski definition) is 2. The zero-order chi connectivity index (χ0) is 33.9. The van der Waals surface area contributed by atoms with Gasteiger partial charge in [0, 0.05) is 12.4 Å². The summed E-state index contributed by atoms with van der Waals surface area (Å²) >= 11 is 0. The quantitative estimate of drug-likeness (QED) is 0.0694. The van der Waals surface area contributed by atoms with E-state index in [4.69, 9.17) is 4.74 Å². The van der Waals surface area contributed by atoms with E-state index in [1.807, 2.05) is 36.7 Å². The predicted octanol–water partition coefficient (Wildman–Crippen LogP) is 14.9. The first kappa shape index (κ1) is 43.0. The fourth-order valence-electron chi connectivity index (χ4n) is 6.44.